The fourth-order valence-electron chi connectivity index (χ4n) is 1.06. The molecule has 0 aromatic heterocycles. The largest absolute Gasteiger partial charge is 0.159 e. The first-order chi connectivity index (χ1) is 5.97. The molecule has 2 heteroatoms. The third kappa shape index (κ3) is 1.32. The van der Waals surface area contributed by atoms with Crippen molar-refractivity contribution in [3.8, 4) is 0 Å². The summed E-state index contributed by atoms with van der Waals surface area (Å²) in [7, 11) is 0. The van der Waals surface area contributed by atoms with E-state index in [1.165, 1.54) is 0 Å². The van der Waals surface area contributed by atoms with Gasteiger partial charge >= 0.3 is 0 Å². The van der Waals surface area contributed by atoms with E-state index >= 15 is 0 Å². The fourth-order valence-corrected chi connectivity index (χ4v) is 1.06. The van der Waals surface area contributed by atoms with Crippen molar-refractivity contribution in [2.75, 3.05) is 0 Å². The summed E-state index contributed by atoms with van der Waals surface area (Å²) >= 11 is 0. The third-order valence-electron chi connectivity index (χ3n) is 1.64. The highest BCUT2D eigenvalue weighted by atomic mass is 15.2. The molecule has 0 amide bonds. The second kappa shape index (κ2) is 3.13. The van der Waals surface area contributed by atoms with Crippen LogP contribution in [0.5, 0.6) is 0 Å². The Morgan fingerprint density at radius 1 is 1.00 bits per heavy atom. The Labute approximate surface area is 70.3 Å². The minimum Gasteiger partial charge on any atom is -0.159 e. The van der Waals surface area contributed by atoms with Crippen LogP contribution >= 0.6 is 0 Å². The van der Waals surface area contributed by atoms with Gasteiger partial charge in [-0.25, -0.2) is 0 Å². The molecule has 0 N–H and O–H groups in total. The SMILES string of the molecule is C1=C/C=c2/cccc/c2=N/N=C1. The average Bonchev–Trinajstić information content (AvgIpc) is 2.06. The Bertz CT molecular complexity index is 398. The molecule has 0 aliphatic carbocycles. The monoisotopic (exact) mass is 156 g/mol. The quantitative estimate of drug-likeness (QED) is 0.526. The van der Waals surface area contributed by atoms with Crippen LogP contribution in [0.4, 0.5) is 0 Å². The van der Waals surface area contributed by atoms with Crippen LogP contribution < -0.4 is 10.6 Å². The minimum absolute atomic E-state index is 0.915. The molecule has 1 aromatic rings. The van der Waals surface area contributed by atoms with Crippen LogP contribution in [0.15, 0.2) is 46.6 Å². The summed E-state index contributed by atoms with van der Waals surface area (Å²) in [6.45, 7) is 0. The zero-order valence-electron chi connectivity index (χ0n) is 6.51. The van der Waals surface area contributed by atoms with Gasteiger partial charge in [0, 0.05) is 11.4 Å². The molecule has 1 heterocycles. The van der Waals surface area contributed by atoms with Gasteiger partial charge in [-0.05, 0) is 12.1 Å². The lowest BCUT2D eigenvalue weighted by atomic mass is 10.2. The molecular weight excluding hydrogens is 148 g/mol. The highest BCUT2D eigenvalue weighted by Gasteiger charge is 1.83. The van der Waals surface area contributed by atoms with Crippen molar-refractivity contribution in [1.82, 2.24) is 0 Å². The predicted octanol–water partition coefficient (Wildman–Crippen LogP) is 0.642. The summed E-state index contributed by atoms with van der Waals surface area (Å²) in [5.74, 6) is 0. The first-order valence-corrected chi connectivity index (χ1v) is 3.80. The number of nitrogens with zero attached hydrogens (tertiary/aromatic N) is 2. The van der Waals surface area contributed by atoms with Crippen LogP contribution in [-0.4, -0.2) is 6.21 Å². The number of hydrogen-bond acceptors (Lipinski definition) is 2. The van der Waals surface area contributed by atoms with Crippen LogP contribution in [0, 0.1) is 0 Å². The molecule has 1 aliphatic rings. The normalized spacial score (nSPS) is 19.3. The highest BCUT2D eigenvalue weighted by Crippen LogP contribution is 1.78. The summed E-state index contributed by atoms with van der Waals surface area (Å²) in [6, 6.07) is 7.91. The molecule has 0 saturated heterocycles. The molecule has 0 bridgehead atoms. The smallest absolute Gasteiger partial charge is 0.0929 e. The van der Waals surface area contributed by atoms with E-state index < -0.39 is 0 Å². The first kappa shape index (κ1) is 6.98. The van der Waals surface area contributed by atoms with Gasteiger partial charge in [0.05, 0.1) is 5.36 Å². The van der Waals surface area contributed by atoms with Crippen molar-refractivity contribution >= 4 is 12.3 Å². The van der Waals surface area contributed by atoms with E-state index in [9.17, 15) is 0 Å². The lowest BCUT2D eigenvalue weighted by Crippen LogP contribution is -2.23. The lowest BCUT2D eigenvalue weighted by Gasteiger charge is -1.87. The van der Waals surface area contributed by atoms with E-state index in [4.69, 9.17) is 0 Å². The summed E-state index contributed by atoms with van der Waals surface area (Å²) < 4.78 is 0. The molecule has 0 radical (unpaired) electrons. The number of rotatable bonds is 0. The van der Waals surface area contributed by atoms with Crippen LogP contribution in [-0.2, 0) is 0 Å². The first-order valence-electron chi connectivity index (χ1n) is 3.80. The maximum absolute atomic E-state index is 4.03. The van der Waals surface area contributed by atoms with E-state index in [1.807, 2.05) is 42.5 Å². The van der Waals surface area contributed by atoms with Gasteiger partial charge in [-0.3, -0.25) is 0 Å². The van der Waals surface area contributed by atoms with Crippen LogP contribution in [0.2, 0.25) is 0 Å². The number of benzene rings is 1. The Morgan fingerprint density at radius 3 is 2.92 bits per heavy atom. The molecule has 2 rings (SSSR count). The molecule has 12 heavy (non-hydrogen) atoms. The molecule has 0 atom stereocenters. The predicted molar refractivity (Wildman–Crippen MR) is 49.3 cm³/mol. The van der Waals surface area contributed by atoms with E-state index in [0.29, 0.717) is 0 Å². The third-order valence-corrected chi connectivity index (χ3v) is 1.64. The van der Waals surface area contributed by atoms with E-state index in [2.05, 4.69) is 10.2 Å². The van der Waals surface area contributed by atoms with E-state index in [1.54, 1.807) is 6.21 Å². The Morgan fingerprint density at radius 2 is 1.92 bits per heavy atom. The standard InChI is InChI=1S/C10H8N2/c1-2-7-10-9(5-1)6-3-4-8-11-12-10/h1-8H/b4-3?,6-3?,8-4?,9-6-,11-8?,12-10-,12-11?. The zero-order valence-corrected chi connectivity index (χ0v) is 6.51. The van der Waals surface area contributed by atoms with Crippen LogP contribution in [0.1, 0.15) is 0 Å². The van der Waals surface area contributed by atoms with Crippen LogP contribution in [0.25, 0.3) is 6.08 Å². The summed E-state index contributed by atoms with van der Waals surface area (Å²) in [5, 5.41) is 9.92. The fraction of sp³-hybridized carbons (Fsp3) is 0. The van der Waals surface area contributed by atoms with Gasteiger partial charge in [0.1, 0.15) is 0 Å². The highest BCUT2D eigenvalue weighted by molar-refractivity contribution is 5.73. The summed E-state index contributed by atoms with van der Waals surface area (Å²) in [4.78, 5) is 0. The van der Waals surface area contributed by atoms with Gasteiger partial charge < -0.3 is 0 Å². The average molecular weight is 156 g/mol. The van der Waals surface area contributed by atoms with Crippen molar-refractivity contribution in [3.63, 3.8) is 0 Å². The van der Waals surface area contributed by atoms with E-state index in [0.717, 1.165) is 10.6 Å². The molecular formula is C10H8N2. The van der Waals surface area contributed by atoms with Crippen molar-refractivity contribution < 1.29 is 0 Å². The van der Waals surface area contributed by atoms with Crippen molar-refractivity contribution in [2.45, 2.75) is 0 Å². The molecule has 0 unspecified atom stereocenters. The second-order valence-electron chi connectivity index (χ2n) is 2.47. The second-order valence-corrected chi connectivity index (χ2v) is 2.47. The van der Waals surface area contributed by atoms with Crippen molar-refractivity contribution in [1.29, 1.82) is 0 Å². The summed E-state index contributed by atoms with van der Waals surface area (Å²) in [5.41, 5.74) is 0. The maximum atomic E-state index is 4.03. The lowest BCUT2D eigenvalue weighted by molar-refractivity contribution is 1.13. The van der Waals surface area contributed by atoms with Crippen molar-refractivity contribution in [3.05, 3.63) is 47.0 Å². The van der Waals surface area contributed by atoms with Gasteiger partial charge in [0.25, 0.3) is 0 Å². The number of fused-ring (bicyclic) bond motifs is 1. The zero-order chi connectivity index (χ0) is 8.23. The molecule has 1 aliphatic heterocycles. The number of allylic oxidation sites excluding steroid dienone is 2. The van der Waals surface area contributed by atoms with Gasteiger partial charge in [-0.15, -0.1) is 0 Å². The van der Waals surface area contributed by atoms with Gasteiger partial charge in [-0.1, -0.05) is 30.4 Å². The minimum atomic E-state index is 0.915. The van der Waals surface area contributed by atoms with Crippen LogP contribution in [0.3, 0.4) is 0 Å². The van der Waals surface area contributed by atoms with Gasteiger partial charge in [-0.2, -0.15) is 10.2 Å². The van der Waals surface area contributed by atoms with Gasteiger partial charge in [0.15, 0.2) is 0 Å². The molecule has 0 saturated carbocycles. The number of hydrogen-bond donors (Lipinski definition) is 0. The topological polar surface area (TPSA) is 24.7 Å². The van der Waals surface area contributed by atoms with Gasteiger partial charge in [0.2, 0.25) is 0 Å². The summed E-state index contributed by atoms with van der Waals surface area (Å²) in [6.07, 6.45) is 7.51. The maximum Gasteiger partial charge on any atom is 0.0929 e. The Kier molecular flexibility index (Phi) is 1.82. The molecule has 0 fully saturated rings. The molecule has 58 valence electrons. The Balaban J connectivity index is 2.80. The van der Waals surface area contributed by atoms with Crippen molar-refractivity contribution in [2.24, 2.45) is 10.2 Å². The molecule has 2 nitrogen and oxygen atoms in total. The van der Waals surface area contributed by atoms with E-state index in [-0.39, 0.29) is 0 Å². The molecule has 0 spiro atoms. The molecule has 1 aromatic carbocycles. The Hall–Kier alpha value is -1.70.